The molecule has 1 aliphatic carbocycles. The van der Waals surface area contributed by atoms with E-state index in [0.717, 1.165) is 13.2 Å². The molecule has 2 nitrogen and oxygen atoms in total. The summed E-state index contributed by atoms with van der Waals surface area (Å²) in [6.07, 6.45) is 2.47. The summed E-state index contributed by atoms with van der Waals surface area (Å²) in [5.74, 6) is 0.706. The van der Waals surface area contributed by atoms with Gasteiger partial charge in [-0.15, -0.1) is 0 Å². The van der Waals surface area contributed by atoms with Crippen LogP contribution in [0.4, 0.5) is 0 Å². The third-order valence-electron chi connectivity index (χ3n) is 3.58. The summed E-state index contributed by atoms with van der Waals surface area (Å²) in [7, 11) is 0. The Kier molecular flexibility index (Phi) is 5.22. The molecule has 0 saturated heterocycles. The van der Waals surface area contributed by atoms with Gasteiger partial charge < -0.3 is 10.1 Å². The molecule has 1 aromatic carbocycles. The second-order valence-corrected chi connectivity index (χ2v) is 5.97. The highest BCUT2D eigenvalue weighted by Crippen LogP contribution is 2.40. The van der Waals surface area contributed by atoms with Crippen molar-refractivity contribution < 1.29 is 4.74 Å². The summed E-state index contributed by atoms with van der Waals surface area (Å²) in [6, 6.07) is 9.67. The van der Waals surface area contributed by atoms with Gasteiger partial charge in [-0.05, 0) is 44.2 Å². The van der Waals surface area contributed by atoms with Crippen molar-refractivity contribution >= 4 is 15.9 Å². The highest BCUT2D eigenvalue weighted by atomic mass is 79.9. The molecule has 100 valence electrons. The van der Waals surface area contributed by atoms with Crippen LogP contribution < -0.4 is 5.32 Å². The molecule has 0 aromatic heterocycles. The van der Waals surface area contributed by atoms with Crippen LogP contribution in [-0.4, -0.2) is 25.3 Å². The van der Waals surface area contributed by atoms with Crippen LogP contribution in [-0.2, 0) is 4.74 Å². The van der Waals surface area contributed by atoms with E-state index in [1.165, 1.54) is 22.9 Å². The molecule has 1 N–H and O–H groups in total. The fourth-order valence-corrected chi connectivity index (χ4v) is 3.17. The number of rotatable bonds is 6. The van der Waals surface area contributed by atoms with Gasteiger partial charge in [0, 0.05) is 23.2 Å². The SMILES string of the molecule is CCOCC(C)NC1CC(c2ccccc2Br)C1. The Morgan fingerprint density at radius 2 is 2.11 bits per heavy atom. The zero-order valence-corrected chi connectivity index (χ0v) is 12.7. The van der Waals surface area contributed by atoms with Crippen LogP contribution >= 0.6 is 15.9 Å². The predicted octanol–water partition coefficient (Wildman–Crippen LogP) is 3.71. The molecule has 18 heavy (non-hydrogen) atoms. The number of hydrogen-bond donors (Lipinski definition) is 1. The van der Waals surface area contributed by atoms with Crippen molar-refractivity contribution in [2.45, 2.75) is 44.7 Å². The number of nitrogens with one attached hydrogen (secondary N) is 1. The van der Waals surface area contributed by atoms with Crippen molar-refractivity contribution in [3.8, 4) is 0 Å². The van der Waals surface area contributed by atoms with Gasteiger partial charge in [-0.25, -0.2) is 0 Å². The van der Waals surface area contributed by atoms with Gasteiger partial charge in [0.05, 0.1) is 6.61 Å². The molecule has 1 aliphatic rings. The molecule has 1 fully saturated rings. The van der Waals surface area contributed by atoms with Crippen LogP contribution in [0, 0.1) is 0 Å². The van der Waals surface area contributed by atoms with Crippen LogP contribution in [0.25, 0.3) is 0 Å². The molecule has 0 bridgehead atoms. The Bertz CT molecular complexity index is 377. The summed E-state index contributed by atoms with van der Waals surface area (Å²) in [4.78, 5) is 0. The molecular weight excluding hydrogens is 290 g/mol. The lowest BCUT2D eigenvalue weighted by Crippen LogP contribution is -2.46. The average molecular weight is 312 g/mol. The molecule has 1 unspecified atom stereocenters. The summed E-state index contributed by atoms with van der Waals surface area (Å²) in [5.41, 5.74) is 1.45. The average Bonchev–Trinajstić information content (AvgIpc) is 2.32. The lowest BCUT2D eigenvalue weighted by atomic mass is 9.75. The van der Waals surface area contributed by atoms with Gasteiger partial charge in [0.1, 0.15) is 0 Å². The van der Waals surface area contributed by atoms with Gasteiger partial charge in [-0.2, -0.15) is 0 Å². The molecule has 0 amide bonds. The van der Waals surface area contributed by atoms with E-state index in [-0.39, 0.29) is 0 Å². The minimum absolute atomic E-state index is 0.454. The van der Waals surface area contributed by atoms with E-state index in [1.54, 1.807) is 0 Å². The van der Waals surface area contributed by atoms with Gasteiger partial charge in [0.15, 0.2) is 0 Å². The van der Waals surface area contributed by atoms with Gasteiger partial charge in [0.2, 0.25) is 0 Å². The van der Waals surface area contributed by atoms with E-state index in [4.69, 9.17) is 4.74 Å². The van der Waals surface area contributed by atoms with Crippen LogP contribution in [0.5, 0.6) is 0 Å². The van der Waals surface area contributed by atoms with E-state index >= 15 is 0 Å². The summed E-state index contributed by atoms with van der Waals surface area (Å²) in [5, 5.41) is 3.63. The first-order valence-corrected chi connectivity index (χ1v) is 7.58. The number of halogens is 1. The van der Waals surface area contributed by atoms with Crippen molar-refractivity contribution in [1.82, 2.24) is 5.32 Å². The quantitative estimate of drug-likeness (QED) is 0.864. The third kappa shape index (κ3) is 3.56. The van der Waals surface area contributed by atoms with Gasteiger partial charge in [0.25, 0.3) is 0 Å². The van der Waals surface area contributed by atoms with Gasteiger partial charge in [-0.1, -0.05) is 34.1 Å². The molecule has 0 spiro atoms. The number of benzene rings is 1. The fraction of sp³-hybridized carbons (Fsp3) is 0.600. The zero-order valence-electron chi connectivity index (χ0n) is 11.2. The van der Waals surface area contributed by atoms with E-state index in [9.17, 15) is 0 Å². The van der Waals surface area contributed by atoms with E-state index in [2.05, 4.69) is 52.4 Å². The Morgan fingerprint density at radius 3 is 2.78 bits per heavy atom. The normalized spacial score (nSPS) is 24.6. The summed E-state index contributed by atoms with van der Waals surface area (Å²) < 4.78 is 6.67. The van der Waals surface area contributed by atoms with Crippen molar-refractivity contribution in [2.24, 2.45) is 0 Å². The largest absolute Gasteiger partial charge is 0.380 e. The molecule has 0 aliphatic heterocycles. The molecule has 1 saturated carbocycles. The Morgan fingerprint density at radius 1 is 1.39 bits per heavy atom. The lowest BCUT2D eigenvalue weighted by Gasteiger charge is -2.38. The first-order chi connectivity index (χ1) is 8.70. The predicted molar refractivity (Wildman–Crippen MR) is 79.0 cm³/mol. The molecular formula is C15H22BrNO. The fourth-order valence-electron chi connectivity index (χ4n) is 2.56. The Balaban J connectivity index is 1.75. The first-order valence-electron chi connectivity index (χ1n) is 6.79. The van der Waals surface area contributed by atoms with Crippen molar-refractivity contribution in [3.63, 3.8) is 0 Å². The minimum atomic E-state index is 0.454. The van der Waals surface area contributed by atoms with Gasteiger partial charge in [-0.3, -0.25) is 0 Å². The standard InChI is InChI=1S/C15H22BrNO/c1-3-18-10-11(2)17-13-8-12(9-13)14-6-4-5-7-15(14)16/h4-7,11-13,17H,3,8-10H2,1-2H3. The highest BCUT2D eigenvalue weighted by molar-refractivity contribution is 9.10. The smallest absolute Gasteiger partial charge is 0.0616 e. The van der Waals surface area contributed by atoms with Crippen LogP contribution in [0.15, 0.2) is 28.7 Å². The first kappa shape index (κ1) is 14.0. The van der Waals surface area contributed by atoms with Crippen LogP contribution in [0.1, 0.15) is 38.2 Å². The topological polar surface area (TPSA) is 21.3 Å². The van der Waals surface area contributed by atoms with Crippen LogP contribution in [0.2, 0.25) is 0 Å². The third-order valence-corrected chi connectivity index (χ3v) is 4.30. The second-order valence-electron chi connectivity index (χ2n) is 5.11. The molecule has 3 heteroatoms. The van der Waals surface area contributed by atoms with E-state index in [0.29, 0.717) is 18.0 Å². The van der Waals surface area contributed by atoms with Crippen LogP contribution in [0.3, 0.4) is 0 Å². The van der Waals surface area contributed by atoms with E-state index in [1.807, 2.05) is 6.92 Å². The lowest BCUT2D eigenvalue weighted by molar-refractivity contribution is 0.115. The maximum Gasteiger partial charge on any atom is 0.0616 e. The molecule has 1 aromatic rings. The monoisotopic (exact) mass is 311 g/mol. The number of hydrogen-bond acceptors (Lipinski definition) is 2. The maximum absolute atomic E-state index is 5.43. The molecule has 2 rings (SSSR count). The second kappa shape index (κ2) is 6.69. The van der Waals surface area contributed by atoms with Crippen molar-refractivity contribution in [2.75, 3.05) is 13.2 Å². The number of ether oxygens (including phenoxy) is 1. The van der Waals surface area contributed by atoms with Gasteiger partial charge >= 0.3 is 0 Å². The molecule has 0 heterocycles. The van der Waals surface area contributed by atoms with Crippen molar-refractivity contribution in [1.29, 1.82) is 0 Å². The molecule has 1 atom stereocenters. The summed E-state index contributed by atoms with van der Waals surface area (Å²) >= 11 is 3.64. The maximum atomic E-state index is 5.43. The van der Waals surface area contributed by atoms with E-state index < -0.39 is 0 Å². The Labute approximate surface area is 118 Å². The molecule has 0 radical (unpaired) electrons. The summed E-state index contributed by atoms with van der Waals surface area (Å²) in [6.45, 7) is 5.85. The Hall–Kier alpha value is -0.380. The minimum Gasteiger partial charge on any atom is -0.380 e. The zero-order chi connectivity index (χ0) is 13.0. The highest BCUT2D eigenvalue weighted by Gasteiger charge is 2.31. The van der Waals surface area contributed by atoms with Crippen molar-refractivity contribution in [3.05, 3.63) is 34.3 Å².